The van der Waals surface area contributed by atoms with Crippen LogP contribution in [0.2, 0.25) is 0 Å². The monoisotopic (exact) mass is 375 g/mol. The minimum atomic E-state index is -4.64. The van der Waals surface area contributed by atoms with Crippen LogP contribution in [0.5, 0.6) is 5.75 Å². The Morgan fingerprint density at radius 3 is 2.46 bits per heavy atom. The van der Waals surface area contributed by atoms with Gasteiger partial charge in [-0.25, -0.2) is 0 Å². The van der Waals surface area contributed by atoms with Crippen molar-refractivity contribution in [3.05, 3.63) is 48.5 Å². The molecule has 0 radical (unpaired) electrons. The van der Waals surface area contributed by atoms with Crippen LogP contribution in [0.25, 0.3) is 0 Å². The van der Waals surface area contributed by atoms with Gasteiger partial charge >= 0.3 is 40.0 Å². The van der Waals surface area contributed by atoms with Gasteiger partial charge in [0.1, 0.15) is 0 Å². The Morgan fingerprint density at radius 1 is 1.21 bits per heavy atom. The van der Waals surface area contributed by atoms with E-state index in [2.05, 4.69) is 20.6 Å². The van der Waals surface area contributed by atoms with Gasteiger partial charge in [-0.2, -0.15) is 38.7 Å². The van der Waals surface area contributed by atoms with Gasteiger partial charge in [-0.15, -0.1) is 16.9 Å². The number of hydrogen-bond acceptors (Lipinski definition) is 6. The molecule has 0 aliphatic heterocycles. The van der Waals surface area contributed by atoms with E-state index in [0.717, 1.165) is 4.90 Å². The van der Waals surface area contributed by atoms with Crippen molar-refractivity contribution in [1.82, 2.24) is 5.01 Å². The molecule has 10 heteroatoms. The Hall–Kier alpha value is -1.10. The van der Waals surface area contributed by atoms with Crippen molar-refractivity contribution in [2.45, 2.75) is 9.79 Å². The van der Waals surface area contributed by atoms with E-state index in [0.29, 0.717) is 10.6 Å². The minimum Gasteiger partial charge on any atom is -0.361 e. The molecule has 24 heavy (non-hydrogen) atoms. The summed E-state index contributed by atoms with van der Waals surface area (Å²) in [4.78, 5) is 1.38. The summed E-state index contributed by atoms with van der Waals surface area (Å²) in [6.07, 6.45) is 0. The first-order valence-electron chi connectivity index (χ1n) is 6.37. The number of hydrogen-bond donors (Lipinski definition) is 1. The van der Waals surface area contributed by atoms with Crippen molar-refractivity contribution in [3.8, 4) is 5.75 Å². The van der Waals surface area contributed by atoms with Crippen molar-refractivity contribution in [1.29, 1.82) is 0 Å². The van der Waals surface area contributed by atoms with Crippen LogP contribution in [0.1, 0.15) is 0 Å². The first kappa shape index (κ1) is 20.9. The molecule has 2 aromatic carbocycles. The quantitative estimate of drug-likeness (QED) is 0.258. The first-order valence-corrected chi connectivity index (χ1v) is 8.55. The van der Waals surface area contributed by atoms with Gasteiger partial charge in [0, 0.05) is 20.2 Å². The van der Waals surface area contributed by atoms with Gasteiger partial charge in [0.25, 0.3) is 0 Å². The summed E-state index contributed by atoms with van der Waals surface area (Å²) >= 11 is 1.28. The molecule has 0 aliphatic rings. The Balaban J connectivity index is 0.00000288. The van der Waals surface area contributed by atoms with Crippen molar-refractivity contribution < 1.29 is 46.7 Å². The third-order valence-corrected chi connectivity index (χ3v) is 3.83. The normalized spacial score (nSPS) is 11.1. The third-order valence-electron chi connectivity index (χ3n) is 2.38. The summed E-state index contributed by atoms with van der Waals surface area (Å²) in [5.74, 6) is -0.0273. The smallest absolute Gasteiger partial charge is 0.361 e. The molecule has 0 atom stereocenters. The fourth-order valence-corrected chi connectivity index (χ4v) is 2.81. The Morgan fingerprint density at radius 2 is 1.88 bits per heavy atom. The fourth-order valence-electron chi connectivity index (χ4n) is 1.53. The SMILES string of the molecule is CN(C)N=Nc1ccc(Sc2cc[c-]cc2)c(OS(=O)(=O)O)c1.[Na+]. The van der Waals surface area contributed by atoms with Crippen molar-refractivity contribution in [2.24, 2.45) is 10.3 Å². The molecule has 2 rings (SSSR count). The maximum Gasteiger partial charge on any atom is 1.00 e. The van der Waals surface area contributed by atoms with Gasteiger partial charge in [0.2, 0.25) is 0 Å². The van der Waals surface area contributed by atoms with E-state index in [1.807, 2.05) is 12.1 Å². The zero-order valence-electron chi connectivity index (χ0n) is 13.4. The molecule has 0 saturated heterocycles. The molecule has 1 N–H and O–H groups in total. The standard InChI is InChI=1S/C14H14N3O4S2.Na/c1-17(2)16-15-11-8-9-14(13(10-11)21-23(18,19)20)22-12-6-4-3-5-7-12;/h4-10H,1-2H3,(H,18,19,20);/q-1;+1. The van der Waals surface area contributed by atoms with Crippen LogP contribution in [-0.2, 0) is 10.4 Å². The van der Waals surface area contributed by atoms with Crippen LogP contribution in [-0.4, -0.2) is 32.1 Å². The Kier molecular flexibility index (Phi) is 8.20. The molecule has 0 heterocycles. The zero-order chi connectivity index (χ0) is 16.9. The molecule has 0 bridgehead atoms. The number of benzene rings is 2. The van der Waals surface area contributed by atoms with Gasteiger partial charge in [0.15, 0.2) is 5.75 Å². The zero-order valence-corrected chi connectivity index (χ0v) is 17.0. The second kappa shape index (κ2) is 9.40. The topological polar surface area (TPSA) is 91.6 Å². The van der Waals surface area contributed by atoms with Crippen LogP contribution in [0.15, 0.2) is 62.6 Å². The van der Waals surface area contributed by atoms with Crippen LogP contribution in [0.3, 0.4) is 0 Å². The molecule has 0 aliphatic carbocycles. The number of nitrogens with zero attached hydrogens (tertiary/aromatic N) is 3. The van der Waals surface area contributed by atoms with Crippen LogP contribution >= 0.6 is 11.8 Å². The maximum absolute atomic E-state index is 11.0. The summed E-state index contributed by atoms with van der Waals surface area (Å²) in [7, 11) is -1.23. The molecule has 0 saturated carbocycles. The summed E-state index contributed by atoms with van der Waals surface area (Å²) in [5, 5.41) is 9.24. The van der Waals surface area contributed by atoms with E-state index >= 15 is 0 Å². The van der Waals surface area contributed by atoms with E-state index in [4.69, 9.17) is 4.55 Å². The largest absolute Gasteiger partial charge is 1.00 e. The van der Waals surface area contributed by atoms with Gasteiger partial charge < -0.3 is 4.18 Å². The van der Waals surface area contributed by atoms with Crippen molar-refractivity contribution in [2.75, 3.05) is 14.1 Å². The van der Waals surface area contributed by atoms with Crippen LogP contribution in [0, 0.1) is 6.07 Å². The predicted molar refractivity (Wildman–Crippen MR) is 86.2 cm³/mol. The molecule has 0 unspecified atom stereocenters. The summed E-state index contributed by atoms with van der Waals surface area (Å²) in [6, 6.07) is 14.7. The minimum absolute atomic E-state index is 0. The average Bonchev–Trinajstić information content (AvgIpc) is 2.47. The van der Waals surface area contributed by atoms with Crippen molar-refractivity contribution >= 4 is 27.8 Å². The van der Waals surface area contributed by atoms with Gasteiger partial charge in [-0.05, 0) is 12.1 Å². The van der Waals surface area contributed by atoms with E-state index in [1.54, 1.807) is 38.4 Å². The molecule has 0 aromatic heterocycles. The Bertz CT molecular complexity index is 799. The average molecular weight is 375 g/mol. The second-order valence-corrected chi connectivity index (χ2v) is 6.65. The van der Waals surface area contributed by atoms with Crippen LogP contribution < -0.4 is 33.7 Å². The molecular weight excluding hydrogens is 361 g/mol. The van der Waals surface area contributed by atoms with E-state index < -0.39 is 10.4 Å². The van der Waals surface area contributed by atoms with E-state index in [-0.39, 0.29) is 35.3 Å². The fraction of sp³-hybridized carbons (Fsp3) is 0.143. The predicted octanol–water partition coefficient (Wildman–Crippen LogP) is 0.384. The maximum atomic E-state index is 11.0. The third kappa shape index (κ3) is 7.20. The van der Waals surface area contributed by atoms with Crippen molar-refractivity contribution in [3.63, 3.8) is 0 Å². The number of rotatable bonds is 6. The molecule has 122 valence electrons. The first-order chi connectivity index (χ1) is 10.8. The molecule has 0 spiro atoms. The summed E-state index contributed by atoms with van der Waals surface area (Å²) < 4.78 is 35.7. The van der Waals surface area contributed by atoms with Crippen LogP contribution in [0.4, 0.5) is 5.69 Å². The van der Waals surface area contributed by atoms with Gasteiger partial charge in [0.05, 0.1) is 10.6 Å². The summed E-state index contributed by atoms with van der Waals surface area (Å²) in [5.41, 5.74) is 0.392. The van der Waals surface area contributed by atoms with Gasteiger partial charge in [-0.3, -0.25) is 9.56 Å². The molecule has 0 amide bonds. The van der Waals surface area contributed by atoms with E-state index in [9.17, 15) is 8.42 Å². The molecule has 7 nitrogen and oxygen atoms in total. The van der Waals surface area contributed by atoms with E-state index in [1.165, 1.54) is 22.8 Å². The van der Waals surface area contributed by atoms with Gasteiger partial charge in [-0.1, -0.05) is 10.1 Å². The second-order valence-electron chi connectivity index (χ2n) is 4.52. The molecular formula is C14H14N3NaO4S2. The molecule has 0 fully saturated rings. The summed E-state index contributed by atoms with van der Waals surface area (Å²) in [6.45, 7) is 0. The Labute approximate surface area is 167 Å². The molecule has 2 aromatic rings.